The number of anilines is 1. The number of halogens is 3. The maximum absolute atomic E-state index is 13.8. The van der Waals surface area contributed by atoms with Crippen molar-refractivity contribution in [1.82, 2.24) is 20.3 Å². The van der Waals surface area contributed by atoms with E-state index in [9.17, 15) is 18.0 Å². The van der Waals surface area contributed by atoms with E-state index in [1.54, 1.807) is 13.8 Å². The Labute approximate surface area is 238 Å². The van der Waals surface area contributed by atoms with Crippen molar-refractivity contribution in [3.8, 4) is 11.3 Å². The number of aromatic nitrogens is 3. The Hall–Kier alpha value is -3.53. The van der Waals surface area contributed by atoms with E-state index in [0.717, 1.165) is 25.5 Å². The molecule has 1 spiro atoms. The van der Waals surface area contributed by atoms with Gasteiger partial charge < -0.3 is 15.0 Å². The lowest BCUT2D eigenvalue weighted by Crippen LogP contribution is -2.46. The van der Waals surface area contributed by atoms with Gasteiger partial charge in [-0.1, -0.05) is 32.0 Å². The lowest BCUT2D eigenvalue weighted by molar-refractivity contribution is -0.140. The predicted molar refractivity (Wildman–Crippen MR) is 151 cm³/mol. The summed E-state index contributed by atoms with van der Waals surface area (Å²) >= 11 is 0. The van der Waals surface area contributed by atoms with E-state index in [4.69, 9.17) is 4.74 Å². The van der Waals surface area contributed by atoms with E-state index in [0.29, 0.717) is 24.8 Å². The molecule has 7 nitrogen and oxygen atoms in total. The summed E-state index contributed by atoms with van der Waals surface area (Å²) in [7, 11) is 2.02. The second-order valence-corrected chi connectivity index (χ2v) is 11.3. The van der Waals surface area contributed by atoms with Gasteiger partial charge in [-0.15, -0.1) is 0 Å². The second-order valence-electron chi connectivity index (χ2n) is 11.3. The van der Waals surface area contributed by atoms with E-state index in [-0.39, 0.29) is 40.7 Å². The summed E-state index contributed by atoms with van der Waals surface area (Å²) in [5.41, 5.74) is 3.06. The molecule has 2 aliphatic rings. The zero-order valence-electron chi connectivity index (χ0n) is 24.1. The minimum Gasteiger partial charge on any atom is -0.461 e. The normalized spacial score (nSPS) is 18.2. The molecule has 1 saturated heterocycles. The number of nitrogens with one attached hydrogen (secondary N) is 1. The maximum atomic E-state index is 13.8. The molecule has 2 aromatic heterocycles. The van der Waals surface area contributed by atoms with Crippen LogP contribution in [0.3, 0.4) is 0 Å². The highest BCUT2D eigenvalue weighted by atomic mass is 19.4. The van der Waals surface area contributed by atoms with Gasteiger partial charge in [0, 0.05) is 30.9 Å². The zero-order chi connectivity index (χ0) is 29.5. The Kier molecular flexibility index (Phi) is 7.80. The highest BCUT2D eigenvalue weighted by Gasteiger charge is 2.48. The van der Waals surface area contributed by atoms with Gasteiger partial charge in [0.25, 0.3) is 0 Å². The fraction of sp³-hybridized carbons (Fsp3) is 0.484. The number of carbonyl (C=O) groups is 1. The molecule has 3 aromatic rings. The van der Waals surface area contributed by atoms with Gasteiger partial charge in [0.05, 0.1) is 18.0 Å². The van der Waals surface area contributed by atoms with Crippen LogP contribution in [0.4, 0.5) is 19.0 Å². The Balaban J connectivity index is 1.50. The van der Waals surface area contributed by atoms with Crippen LogP contribution in [-0.2, 0) is 17.3 Å². The lowest BCUT2D eigenvalue weighted by atomic mass is 9.72. The summed E-state index contributed by atoms with van der Waals surface area (Å²) in [6, 6.07) is 9.52. The molecule has 218 valence electrons. The summed E-state index contributed by atoms with van der Waals surface area (Å²) in [6.45, 7) is 9.09. The molecule has 5 rings (SSSR count). The maximum Gasteiger partial charge on any atom is 0.434 e. The molecule has 1 fully saturated rings. The number of benzene rings is 1. The fourth-order valence-corrected chi connectivity index (χ4v) is 6.65. The fourth-order valence-electron chi connectivity index (χ4n) is 6.65. The van der Waals surface area contributed by atoms with Crippen molar-refractivity contribution in [2.75, 3.05) is 31.6 Å². The van der Waals surface area contributed by atoms with Gasteiger partial charge in [-0.3, -0.25) is 4.98 Å². The van der Waals surface area contributed by atoms with Crippen molar-refractivity contribution < 1.29 is 22.7 Å². The van der Waals surface area contributed by atoms with Crippen molar-refractivity contribution in [3.63, 3.8) is 0 Å². The summed E-state index contributed by atoms with van der Waals surface area (Å²) in [4.78, 5) is 27.8. The molecule has 1 N–H and O–H groups in total. The third-order valence-corrected chi connectivity index (χ3v) is 8.49. The van der Waals surface area contributed by atoms with Crippen LogP contribution >= 0.6 is 0 Å². The molecular weight excluding hydrogens is 531 g/mol. The number of hydrogen-bond acceptors (Lipinski definition) is 7. The molecule has 1 aliphatic carbocycles. The predicted octanol–water partition coefficient (Wildman–Crippen LogP) is 6.27. The highest BCUT2D eigenvalue weighted by molar-refractivity contribution is 5.93. The van der Waals surface area contributed by atoms with Crippen molar-refractivity contribution in [2.24, 2.45) is 5.41 Å². The van der Waals surface area contributed by atoms with Crippen molar-refractivity contribution in [3.05, 3.63) is 70.3 Å². The van der Waals surface area contributed by atoms with Crippen LogP contribution in [0.25, 0.3) is 11.3 Å². The van der Waals surface area contributed by atoms with Gasteiger partial charge in [-0.25, -0.2) is 14.8 Å². The van der Waals surface area contributed by atoms with E-state index in [1.807, 2.05) is 11.9 Å². The van der Waals surface area contributed by atoms with Crippen LogP contribution in [0.15, 0.2) is 36.5 Å². The quantitative estimate of drug-likeness (QED) is 0.352. The molecule has 0 saturated carbocycles. The number of hydrogen-bond donors (Lipinski definition) is 1. The largest absolute Gasteiger partial charge is 0.461 e. The average molecular weight is 568 g/mol. The number of esters is 1. The SMILES string of the molecule is CCOC(=O)c1nc(-c2cccnc2C(F)(F)F)c(C)nc1N1CCC2(CC1)Cc1cccc(C(C)C)c1[C@H]2NC. The Morgan fingerprint density at radius 1 is 1.17 bits per heavy atom. The van der Waals surface area contributed by atoms with E-state index in [2.05, 4.69) is 52.3 Å². The number of fused-ring (bicyclic) bond motifs is 1. The number of alkyl halides is 3. The molecule has 1 aromatic carbocycles. The zero-order valence-corrected chi connectivity index (χ0v) is 24.1. The van der Waals surface area contributed by atoms with Gasteiger partial charge >= 0.3 is 12.1 Å². The summed E-state index contributed by atoms with van der Waals surface area (Å²) < 4.78 is 46.6. The first kappa shape index (κ1) is 29.0. The van der Waals surface area contributed by atoms with E-state index in [1.165, 1.54) is 28.8 Å². The van der Waals surface area contributed by atoms with Crippen LogP contribution in [0.1, 0.15) is 84.1 Å². The average Bonchev–Trinajstić information content (AvgIpc) is 3.25. The van der Waals surface area contributed by atoms with E-state index < -0.39 is 17.8 Å². The standard InChI is InChI=1S/C31H36F3N5O2/c1-6-41-29(40)25-28(37-19(4)24(38-25)22-11-8-14-36-26(22)31(32,33)34)39-15-12-30(13-16-39)17-20-9-7-10-21(18(2)3)23(20)27(30)35-5/h7-11,14,18,27,35H,6,12-13,15-17H2,1-5H3/t27-/m1/s1. The van der Waals surface area contributed by atoms with Crippen molar-refractivity contribution >= 4 is 11.8 Å². The summed E-state index contributed by atoms with van der Waals surface area (Å²) in [5.74, 6) is 0.0472. The van der Waals surface area contributed by atoms with Gasteiger partial charge in [-0.2, -0.15) is 13.2 Å². The second kappa shape index (κ2) is 11.0. The molecular formula is C31H36F3N5O2. The summed E-state index contributed by atoms with van der Waals surface area (Å²) in [6.07, 6.45) is -0.916. The summed E-state index contributed by atoms with van der Waals surface area (Å²) in [5, 5.41) is 3.61. The topological polar surface area (TPSA) is 80.2 Å². The first-order chi connectivity index (χ1) is 19.5. The minimum absolute atomic E-state index is 0.0163. The molecule has 0 bridgehead atoms. The molecule has 1 aliphatic heterocycles. The number of piperidine rings is 1. The number of ether oxygens (including phenoxy) is 1. The smallest absolute Gasteiger partial charge is 0.434 e. The molecule has 0 radical (unpaired) electrons. The third kappa shape index (κ3) is 5.18. The Morgan fingerprint density at radius 3 is 2.54 bits per heavy atom. The highest BCUT2D eigenvalue weighted by Crippen LogP contribution is 2.54. The van der Waals surface area contributed by atoms with Crippen molar-refractivity contribution in [2.45, 2.75) is 65.1 Å². The third-order valence-electron chi connectivity index (χ3n) is 8.49. The number of carbonyl (C=O) groups excluding carboxylic acids is 1. The van der Waals surface area contributed by atoms with Crippen molar-refractivity contribution in [1.29, 1.82) is 0 Å². The van der Waals surface area contributed by atoms with Gasteiger partial charge in [0.2, 0.25) is 0 Å². The first-order valence-corrected chi connectivity index (χ1v) is 14.1. The van der Waals surface area contributed by atoms with Gasteiger partial charge in [0.1, 0.15) is 0 Å². The van der Waals surface area contributed by atoms with Crippen LogP contribution in [0, 0.1) is 12.3 Å². The molecule has 41 heavy (non-hydrogen) atoms. The first-order valence-electron chi connectivity index (χ1n) is 14.1. The number of rotatable bonds is 6. The van der Waals surface area contributed by atoms with Crippen LogP contribution in [0.5, 0.6) is 0 Å². The molecule has 10 heteroatoms. The number of pyridine rings is 1. The van der Waals surface area contributed by atoms with Crippen LogP contribution in [-0.4, -0.2) is 47.7 Å². The monoisotopic (exact) mass is 567 g/mol. The van der Waals surface area contributed by atoms with Gasteiger partial charge in [-0.05, 0) is 80.3 Å². The Bertz CT molecular complexity index is 1450. The number of aryl methyl sites for hydroxylation is 1. The Morgan fingerprint density at radius 2 is 1.90 bits per heavy atom. The minimum atomic E-state index is -4.69. The number of nitrogens with zero attached hydrogens (tertiary/aromatic N) is 4. The lowest BCUT2D eigenvalue weighted by Gasteiger charge is -2.44. The molecule has 0 amide bonds. The molecule has 0 unspecified atom stereocenters. The molecule has 1 atom stereocenters. The van der Waals surface area contributed by atoms with Crippen LogP contribution in [0.2, 0.25) is 0 Å². The van der Waals surface area contributed by atoms with Gasteiger partial charge in [0.15, 0.2) is 17.2 Å². The molecule has 3 heterocycles. The van der Waals surface area contributed by atoms with Crippen LogP contribution < -0.4 is 10.2 Å². The van der Waals surface area contributed by atoms with E-state index >= 15 is 0 Å².